The van der Waals surface area contributed by atoms with Crippen LogP contribution in [0.2, 0.25) is 0 Å². The normalized spacial score (nSPS) is 59.8. The van der Waals surface area contributed by atoms with Crippen molar-refractivity contribution >= 4 is 0 Å². The van der Waals surface area contributed by atoms with E-state index in [1.54, 1.807) is 0 Å². The Kier molecular flexibility index (Phi) is 1.99. The fourth-order valence-electron chi connectivity index (χ4n) is 6.36. The second-order valence-corrected chi connectivity index (χ2v) is 8.04. The number of ether oxygens (including phenoxy) is 1. The molecule has 1 heteroatoms. The molecule has 0 aromatic carbocycles. The molecule has 18 heavy (non-hydrogen) atoms. The molecule has 1 nitrogen and oxygen atoms in total. The van der Waals surface area contributed by atoms with Crippen LogP contribution in [0.1, 0.15) is 51.4 Å². The molecule has 0 saturated heterocycles. The van der Waals surface area contributed by atoms with Gasteiger partial charge in [0.15, 0.2) is 0 Å². The zero-order chi connectivity index (χ0) is 11.7. The molecule has 0 spiro atoms. The van der Waals surface area contributed by atoms with E-state index in [4.69, 9.17) is 4.74 Å². The molecular weight excluding hydrogens is 220 g/mol. The average molecular weight is 244 g/mol. The van der Waals surface area contributed by atoms with Crippen molar-refractivity contribution in [1.82, 2.24) is 0 Å². The van der Waals surface area contributed by atoms with Crippen LogP contribution in [0.5, 0.6) is 0 Å². The van der Waals surface area contributed by atoms with Crippen molar-refractivity contribution in [3.05, 3.63) is 12.2 Å². The molecule has 0 aliphatic heterocycles. The van der Waals surface area contributed by atoms with E-state index in [-0.39, 0.29) is 0 Å². The Morgan fingerprint density at radius 3 is 1.94 bits per heavy atom. The van der Waals surface area contributed by atoms with Gasteiger partial charge in [-0.3, -0.25) is 0 Å². The maximum absolute atomic E-state index is 6.79. The first-order valence-corrected chi connectivity index (χ1v) is 8.14. The van der Waals surface area contributed by atoms with Gasteiger partial charge in [-0.1, -0.05) is 12.2 Å². The first kappa shape index (κ1) is 10.5. The van der Waals surface area contributed by atoms with Gasteiger partial charge in [-0.25, -0.2) is 0 Å². The molecule has 5 fully saturated rings. The van der Waals surface area contributed by atoms with Gasteiger partial charge >= 0.3 is 0 Å². The van der Waals surface area contributed by atoms with Gasteiger partial charge in [0.2, 0.25) is 0 Å². The number of hydrogen-bond acceptors (Lipinski definition) is 1. The van der Waals surface area contributed by atoms with Gasteiger partial charge in [0.25, 0.3) is 0 Å². The van der Waals surface area contributed by atoms with Gasteiger partial charge in [-0.05, 0) is 75.0 Å². The predicted molar refractivity (Wildman–Crippen MR) is 71.1 cm³/mol. The second-order valence-electron chi connectivity index (χ2n) is 8.04. The van der Waals surface area contributed by atoms with E-state index in [1.807, 2.05) is 0 Å². The maximum atomic E-state index is 6.79. The van der Waals surface area contributed by atoms with E-state index in [2.05, 4.69) is 12.2 Å². The Hall–Kier alpha value is -0.300. The summed E-state index contributed by atoms with van der Waals surface area (Å²) in [5.41, 5.74) is 0.331. The Labute approximate surface area is 110 Å². The highest BCUT2D eigenvalue weighted by atomic mass is 16.5. The molecule has 3 unspecified atom stereocenters. The summed E-state index contributed by atoms with van der Waals surface area (Å²) in [5.74, 6) is 4.68. The third-order valence-corrected chi connectivity index (χ3v) is 6.60. The highest BCUT2D eigenvalue weighted by Crippen LogP contribution is 2.58. The van der Waals surface area contributed by atoms with Crippen molar-refractivity contribution in [3.8, 4) is 0 Å². The van der Waals surface area contributed by atoms with E-state index < -0.39 is 0 Å². The first-order chi connectivity index (χ1) is 8.78. The second kappa shape index (κ2) is 3.42. The molecule has 0 aromatic heterocycles. The molecule has 0 aromatic rings. The summed E-state index contributed by atoms with van der Waals surface area (Å²) in [6.07, 6.45) is 16.9. The largest absolute Gasteiger partial charge is 0.371 e. The van der Waals surface area contributed by atoms with Gasteiger partial charge in [-0.2, -0.15) is 0 Å². The smallest absolute Gasteiger partial charge is 0.0694 e. The number of rotatable bonds is 2. The van der Waals surface area contributed by atoms with Crippen LogP contribution in [0.3, 0.4) is 0 Å². The monoisotopic (exact) mass is 244 g/mol. The molecule has 98 valence electrons. The fourth-order valence-corrected chi connectivity index (χ4v) is 6.36. The summed E-state index contributed by atoms with van der Waals surface area (Å²) in [7, 11) is 0. The van der Waals surface area contributed by atoms with Crippen molar-refractivity contribution in [3.63, 3.8) is 0 Å². The fraction of sp³-hybridized carbons (Fsp3) is 0.882. The zero-order valence-corrected chi connectivity index (χ0v) is 11.2. The topological polar surface area (TPSA) is 9.23 Å². The molecule has 6 aliphatic carbocycles. The number of allylic oxidation sites excluding steroid dienone is 1. The highest BCUT2D eigenvalue weighted by Gasteiger charge is 2.53. The molecule has 5 saturated carbocycles. The van der Waals surface area contributed by atoms with E-state index in [9.17, 15) is 0 Å². The Morgan fingerprint density at radius 2 is 1.44 bits per heavy atom. The summed E-state index contributed by atoms with van der Waals surface area (Å²) in [6, 6.07) is 0. The van der Waals surface area contributed by atoms with Crippen LogP contribution in [-0.4, -0.2) is 11.7 Å². The molecule has 0 amide bonds. The van der Waals surface area contributed by atoms with Crippen LogP contribution in [0, 0.1) is 29.6 Å². The van der Waals surface area contributed by atoms with Crippen molar-refractivity contribution < 1.29 is 4.74 Å². The van der Waals surface area contributed by atoms with Crippen LogP contribution in [0.15, 0.2) is 12.2 Å². The Balaban J connectivity index is 1.38. The minimum absolute atomic E-state index is 0.331. The maximum Gasteiger partial charge on any atom is 0.0694 e. The summed E-state index contributed by atoms with van der Waals surface area (Å²) in [5, 5.41) is 0. The Morgan fingerprint density at radius 1 is 0.778 bits per heavy atom. The minimum Gasteiger partial charge on any atom is -0.371 e. The van der Waals surface area contributed by atoms with Gasteiger partial charge in [0, 0.05) is 5.92 Å². The zero-order valence-electron chi connectivity index (χ0n) is 11.2. The lowest BCUT2D eigenvalue weighted by molar-refractivity contribution is -0.192. The molecule has 0 radical (unpaired) electrons. The number of hydrogen-bond donors (Lipinski definition) is 0. The van der Waals surface area contributed by atoms with E-state index in [1.165, 1.54) is 51.4 Å². The van der Waals surface area contributed by atoms with Crippen molar-refractivity contribution in [2.75, 3.05) is 0 Å². The SMILES string of the molecule is C1=CC2CC1CC2OC12CC3CC(CC(C3)C1)C2. The van der Waals surface area contributed by atoms with Crippen molar-refractivity contribution in [2.45, 2.75) is 63.1 Å². The standard InChI is InChI=1S/C17H24O/c1-2-15-6-11(1)7-16(15)18-17-8-12-3-13(9-17)5-14(4-12)10-17/h1-2,11-16H,3-10H2. The van der Waals surface area contributed by atoms with E-state index in [0.717, 1.165) is 29.6 Å². The molecule has 3 atom stereocenters. The van der Waals surface area contributed by atoms with Gasteiger partial charge < -0.3 is 4.74 Å². The van der Waals surface area contributed by atoms with Gasteiger partial charge in [-0.15, -0.1) is 0 Å². The Bertz CT molecular complexity index is 361. The van der Waals surface area contributed by atoms with Crippen molar-refractivity contribution in [2.24, 2.45) is 29.6 Å². The van der Waals surface area contributed by atoms with Crippen LogP contribution in [0.4, 0.5) is 0 Å². The summed E-state index contributed by atoms with van der Waals surface area (Å²) in [4.78, 5) is 0. The third kappa shape index (κ3) is 1.43. The lowest BCUT2D eigenvalue weighted by Crippen LogP contribution is -2.53. The molecule has 6 aliphatic rings. The summed E-state index contributed by atoms with van der Waals surface area (Å²) < 4.78 is 6.79. The average Bonchev–Trinajstić information content (AvgIpc) is 2.87. The molecule has 6 bridgehead atoms. The predicted octanol–water partition coefficient (Wildman–Crippen LogP) is 3.94. The molecular formula is C17H24O. The molecule has 0 N–H and O–H groups in total. The van der Waals surface area contributed by atoms with Gasteiger partial charge in [0.05, 0.1) is 11.7 Å². The molecule has 6 rings (SSSR count). The third-order valence-electron chi connectivity index (χ3n) is 6.60. The number of fused-ring (bicyclic) bond motifs is 2. The van der Waals surface area contributed by atoms with Crippen LogP contribution >= 0.6 is 0 Å². The van der Waals surface area contributed by atoms with Gasteiger partial charge in [0.1, 0.15) is 0 Å². The first-order valence-electron chi connectivity index (χ1n) is 8.14. The highest BCUT2D eigenvalue weighted by molar-refractivity contribution is 5.12. The van der Waals surface area contributed by atoms with Crippen LogP contribution < -0.4 is 0 Å². The van der Waals surface area contributed by atoms with Crippen molar-refractivity contribution in [1.29, 1.82) is 0 Å². The minimum atomic E-state index is 0.331. The molecule has 0 heterocycles. The van der Waals surface area contributed by atoms with Crippen LogP contribution in [-0.2, 0) is 4.74 Å². The van der Waals surface area contributed by atoms with E-state index >= 15 is 0 Å². The quantitative estimate of drug-likeness (QED) is 0.669. The van der Waals surface area contributed by atoms with Crippen LogP contribution in [0.25, 0.3) is 0 Å². The summed E-state index contributed by atoms with van der Waals surface area (Å²) >= 11 is 0. The lowest BCUT2D eigenvalue weighted by atomic mass is 9.54. The summed E-state index contributed by atoms with van der Waals surface area (Å²) in [6.45, 7) is 0. The lowest BCUT2D eigenvalue weighted by Gasteiger charge is -2.57. The van der Waals surface area contributed by atoms with E-state index in [0.29, 0.717) is 11.7 Å².